The fourth-order valence-corrected chi connectivity index (χ4v) is 3.96. The topological polar surface area (TPSA) is 58.6 Å². The Morgan fingerprint density at radius 3 is 2.52 bits per heavy atom. The molecule has 3 aromatic rings. The number of carbonyl (C=O) groups is 2. The van der Waals surface area contributed by atoms with Crippen molar-refractivity contribution in [2.75, 3.05) is 23.9 Å². The van der Waals surface area contributed by atoms with E-state index in [2.05, 4.69) is 17.4 Å². The largest absolute Gasteiger partial charge is 0.495 e. The highest BCUT2D eigenvalue weighted by atomic mass is 16.5. The summed E-state index contributed by atoms with van der Waals surface area (Å²) in [7, 11) is 1.58. The summed E-state index contributed by atoms with van der Waals surface area (Å²) in [5.74, 6) is 0.539. The predicted octanol–water partition coefficient (Wildman–Crippen LogP) is 4.86. The smallest absolute Gasteiger partial charge is 0.255 e. The van der Waals surface area contributed by atoms with Crippen molar-refractivity contribution in [1.82, 2.24) is 0 Å². The summed E-state index contributed by atoms with van der Waals surface area (Å²) in [6.45, 7) is 0.662. The zero-order valence-corrected chi connectivity index (χ0v) is 17.6. The first-order valence-corrected chi connectivity index (χ1v) is 10.6. The van der Waals surface area contributed by atoms with E-state index in [-0.39, 0.29) is 11.8 Å². The van der Waals surface area contributed by atoms with Crippen molar-refractivity contribution in [2.24, 2.45) is 0 Å². The minimum atomic E-state index is -0.160. The Labute approximate surface area is 182 Å². The highest BCUT2D eigenvalue weighted by Crippen LogP contribution is 2.34. The molecule has 5 nitrogen and oxygen atoms in total. The maximum absolute atomic E-state index is 13.1. The van der Waals surface area contributed by atoms with E-state index < -0.39 is 0 Å². The molecule has 1 saturated heterocycles. The van der Waals surface area contributed by atoms with Crippen molar-refractivity contribution in [3.05, 3.63) is 89.5 Å². The molecule has 1 fully saturated rings. The molecule has 3 aromatic carbocycles. The summed E-state index contributed by atoms with van der Waals surface area (Å²) in [4.78, 5) is 27.0. The number of aryl methyl sites for hydroxylation is 2. The summed E-state index contributed by atoms with van der Waals surface area (Å²) in [5.41, 5.74) is 4.24. The highest BCUT2D eigenvalue weighted by molar-refractivity contribution is 6.06. The molecule has 0 unspecified atom stereocenters. The summed E-state index contributed by atoms with van der Waals surface area (Å²) < 4.78 is 5.44. The van der Waals surface area contributed by atoms with Gasteiger partial charge in [-0.2, -0.15) is 0 Å². The van der Waals surface area contributed by atoms with Crippen LogP contribution in [0, 0.1) is 0 Å². The van der Waals surface area contributed by atoms with Gasteiger partial charge in [0.05, 0.1) is 12.8 Å². The molecule has 5 heteroatoms. The number of benzene rings is 3. The van der Waals surface area contributed by atoms with Crippen LogP contribution in [-0.4, -0.2) is 25.5 Å². The van der Waals surface area contributed by atoms with E-state index in [0.29, 0.717) is 35.7 Å². The van der Waals surface area contributed by atoms with Crippen molar-refractivity contribution in [1.29, 1.82) is 0 Å². The van der Waals surface area contributed by atoms with E-state index in [4.69, 9.17) is 4.74 Å². The van der Waals surface area contributed by atoms with Gasteiger partial charge in [-0.1, -0.05) is 48.5 Å². The van der Waals surface area contributed by atoms with Gasteiger partial charge in [-0.25, -0.2) is 0 Å². The second-order valence-corrected chi connectivity index (χ2v) is 7.63. The lowest BCUT2D eigenvalue weighted by molar-refractivity contribution is -0.117. The third-order valence-electron chi connectivity index (χ3n) is 5.59. The summed E-state index contributed by atoms with van der Waals surface area (Å²) in [6.07, 6.45) is 3.01. The summed E-state index contributed by atoms with van der Waals surface area (Å²) in [6, 6.07) is 23.3. The Bertz CT molecular complexity index is 1080. The Hall–Kier alpha value is -3.60. The van der Waals surface area contributed by atoms with Crippen LogP contribution in [-0.2, 0) is 17.6 Å². The Kier molecular flexibility index (Phi) is 6.32. The number of rotatable bonds is 7. The molecule has 1 aliphatic rings. The van der Waals surface area contributed by atoms with Crippen LogP contribution in [0.2, 0.25) is 0 Å². The SMILES string of the molecule is COc1ccc(NC(=O)c2ccccc2CCc2ccccc2)cc1N1CCCC1=O. The van der Waals surface area contributed by atoms with Gasteiger partial charge in [0.25, 0.3) is 5.91 Å². The Morgan fingerprint density at radius 2 is 1.77 bits per heavy atom. The van der Waals surface area contributed by atoms with E-state index in [1.54, 1.807) is 24.1 Å². The van der Waals surface area contributed by atoms with E-state index in [1.807, 2.05) is 48.5 Å². The van der Waals surface area contributed by atoms with E-state index in [1.165, 1.54) is 5.56 Å². The number of carbonyl (C=O) groups excluding carboxylic acids is 2. The van der Waals surface area contributed by atoms with Gasteiger partial charge < -0.3 is 15.0 Å². The molecule has 1 N–H and O–H groups in total. The van der Waals surface area contributed by atoms with Crippen molar-refractivity contribution in [3.63, 3.8) is 0 Å². The number of anilines is 2. The third-order valence-corrected chi connectivity index (χ3v) is 5.59. The average molecular weight is 415 g/mol. The molecule has 31 heavy (non-hydrogen) atoms. The molecule has 0 saturated carbocycles. The van der Waals surface area contributed by atoms with Crippen molar-refractivity contribution < 1.29 is 14.3 Å². The van der Waals surface area contributed by atoms with E-state index >= 15 is 0 Å². The molecule has 0 spiro atoms. The predicted molar refractivity (Wildman–Crippen MR) is 123 cm³/mol. The number of hydrogen-bond donors (Lipinski definition) is 1. The van der Waals surface area contributed by atoms with Crippen LogP contribution in [0.3, 0.4) is 0 Å². The van der Waals surface area contributed by atoms with Gasteiger partial charge >= 0.3 is 0 Å². The number of methoxy groups -OCH3 is 1. The third kappa shape index (κ3) is 4.77. The molecule has 0 radical (unpaired) electrons. The van der Waals surface area contributed by atoms with Crippen LogP contribution in [0.4, 0.5) is 11.4 Å². The number of ether oxygens (including phenoxy) is 1. The Morgan fingerprint density at radius 1 is 1.00 bits per heavy atom. The van der Waals surface area contributed by atoms with Crippen LogP contribution in [0.1, 0.15) is 34.3 Å². The van der Waals surface area contributed by atoms with E-state index in [0.717, 1.165) is 24.8 Å². The maximum Gasteiger partial charge on any atom is 0.255 e. The monoisotopic (exact) mass is 414 g/mol. The van der Waals surface area contributed by atoms with Crippen molar-refractivity contribution in [2.45, 2.75) is 25.7 Å². The van der Waals surface area contributed by atoms with Crippen molar-refractivity contribution >= 4 is 23.2 Å². The fourth-order valence-electron chi connectivity index (χ4n) is 3.96. The van der Waals surface area contributed by atoms with Crippen LogP contribution >= 0.6 is 0 Å². The van der Waals surface area contributed by atoms with Gasteiger partial charge in [0.15, 0.2) is 0 Å². The lowest BCUT2D eigenvalue weighted by Gasteiger charge is -2.20. The number of hydrogen-bond acceptors (Lipinski definition) is 3. The molecule has 0 atom stereocenters. The zero-order chi connectivity index (χ0) is 21.6. The molecule has 0 aromatic heterocycles. The minimum absolute atomic E-state index is 0.0769. The molecule has 0 bridgehead atoms. The molecular weight excluding hydrogens is 388 g/mol. The van der Waals surface area contributed by atoms with Gasteiger partial charge in [0.2, 0.25) is 5.91 Å². The molecule has 0 aliphatic carbocycles. The first kappa shape index (κ1) is 20.7. The zero-order valence-electron chi connectivity index (χ0n) is 17.6. The number of nitrogens with one attached hydrogen (secondary N) is 1. The molecule has 1 aliphatic heterocycles. The van der Waals surface area contributed by atoms with Gasteiger partial charge in [0, 0.05) is 24.2 Å². The first-order chi connectivity index (χ1) is 15.2. The first-order valence-electron chi connectivity index (χ1n) is 10.6. The minimum Gasteiger partial charge on any atom is -0.495 e. The molecule has 4 rings (SSSR count). The number of nitrogens with zero attached hydrogens (tertiary/aromatic N) is 1. The van der Waals surface area contributed by atoms with Crippen LogP contribution in [0.15, 0.2) is 72.8 Å². The van der Waals surface area contributed by atoms with Gasteiger partial charge in [-0.15, -0.1) is 0 Å². The van der Waals surface area contributed by atoms with Gasteiger partial charge in [-0.3, -0.25) is 9.59 Å². The lowest BCUT2D eigenvalue weighted by Crippen LogP contribution is -2.24. The molecule has 158 valence electrons. The van der Waals surface area contributed by atoms with Crippen molar-refractivity contribution in [3.8, 4) is 5.75 Å². The lowest BCUT2D eigenvalue weighted by atomic mass is 9.99. The van der Waals surface area contributed by atoms with E-state index in [9.17, 15) is 9.59 Å². The summed E-state index contributed by atoms with van der Waals surface area (Å²) in [5, 5.41) is 2.99. The molecular formula is C26H26N2O3. The Balaban J connectivity index is 1.53. The van der Waals surface area contributed by atoms with Crippen LogP contribution in [0.25, 0.3) is 0 Å². The fraction of sp³-hybridized carbons (Fsp3) is 0.231. The van der Waals surface area contributed by atoms with Gasteiger partial charge in [0.1, 0.15) is 5.75 Å². The van der Waals surface area contributed by atoms with Gasteiger partial charge in [-0.05, 0) is 54.7 Å². The normalized spacial score (nSPS) is 13.3. The molecule has 2 amide bonds. The second kappa shape index (κ2) is 9.47. The molecule has 1 heterocycles. The van der Waals surface area contributed by atoms with Crippen LogP contribution in [0.5, 0.6) is 5.75 Å². The average Bonchev–Trinajstić information content (AvgIpc) is 3.24. The number of amides is 2. The standard InChI is InChI=1S/C26H26N2O3/c1-31-24-16-15-21(18-23(24)28-17-7-12-25(28)29)27-26(30)22-11-6-5-10-20(22)14-13-19-8-3-2-4-9-19/h2-6,8-11,15-16,18H,7,12-14,17H2,1H3,(H,27,30). The van der Waals surface area contributed by atoms with Crippen LogP contribution < -0.4 is 15.0 Å². The maximum atomic E-state index is 13.1. The highest BCUT2D eigenvalue weighted by Gasteiger charge is 2.25. The second-order valence-electron chi connectivity index (χ2n) is 7.63. The summed E-state index contributed by atoms with van der Waals surface area (Å²) >= 11 is 0. The quantitative estimate of drug-likeness (QED) is 0.601.